The average Bonchev–Trinajstić information content (AvgIpc) is 2.76. The Kier molecular flexibility index (Phi) is 4.24. The SMILES string of the molecule is CNCC1(CN(C)CCc2cc[nH]c2)CCC1. The van der Waals surface area contributed by atoms with Gasteiger partial charge in [-0.2, -0.15) is 0 Å². The summed E-state index contributed by atoms with van der Waals surface area (Å²) in [6, 6.07) is 2.17. The first kappa shape index (κ1) is 12.7. The van der Waals surface area contributed by atoms with Crippen LogP contribution in [0, 0.1) is 5.41 Å². The molecule has 3 nitrogen and oxygen atoms in total. The van der Waals surface area contributed by atoms with Crippen LogP contribution in [-0.2, 0) is 6.42 Å². The van der Waals surface area contributed by atoms with Crippen LogP contribution in [0.15, 0.2) is 18.5 Å². The second kappa shape index (κ2) is 5.69. The minimum atomic E-state index is 0.557. The van der Waals surface area contributed by atoms with Gasteiger partial charge in [0, 0.05) is 32.0 Å². The maximum Gasteiger partial charge on any atom is 0.00472 e. The topological polar surface area (TPSA) is 31.1 Å². The van der Waals surface area contributed by atoms with E-state index in [-0.39, 0.29) is 0 Å². The average molecular weight is 235 g/mol. The van der Waals surface area contributed by atoms with Crippen LogP contribution in [0.5, 0.6) is 0 Å². The van der Waals surface area contributed by atoms with E-state index in [1.807, 2.05) is 6.20 Å². The lowest BCUT2D eigenvalue weighted by molar-refractivity contribution is 0.0803. The number of likely N-dealkylation sites (N-methyl/N-ethyl adjacent to an activating group) is 1. The van der Waals surface area contributed by atoms with Crippen molar-refractivity contribution in [3.05, 3.63) is 24.0 Å². The number of H-pyrrole nitrogens is 1. The number of aromatic nitrogens is 1. The Morgan fingerprint density at radius 2 is 2.29 bits per heavy atom. The maximum absolute atomic E-state index is 3.35. The van der Waals surface area contributed by atoms with Gasteiger partial charge in [0.1, 0.15) is 0 Å². The summed E-state index contributed by atoms with van der Waals surface area (Å²) >= 11 is 0. The lowest BCUT2D eigenvalue weighted by Crippen LogP contribution is -2.47. The lowest BCUT2D eigenvalue weighted by Gasteiger charge is -2.44. The van der Waals surface area contributed by atoms with Crippen molar-refractivity contribution in [3.8, 4) is 0 Å². The third kappa shape index (κ3) is 3.33. The standard InChI is InChI=1S/C14H25N3/c1-15-11-14(6-3-7-14)12-17(2)9-5-13-4-8-16-10-13/h4,8,10,15-16H,3,5-7,9,11-12H2,1-2H3. The van der Waals surface area contributed by atoms with E-state index in [9.17, 15) is 0 Å². The van der Waals surface area contributed by atoms with Gasteiger partial charge in [0.05, 0.1) is 0 Å². The molecule has 1 aromatic rings. The van der Waals surface area contributed by atoms with E-state index in [4.69, 9.17) is 0 Å². The molecule has 0 aromatic carbocycles. The van der Waals surface area contributed by atoms with Crippen LogP contribution >= 0.6 is 0 Å². The Morgan fingerprint density at radius 1 is 1.47 bits per heavy atom. The number of nitrogens with zero attached hydrogens (tertiary/aromatic N) is 1. The van der Waals surface area contributed by atoms with E-state index in [1.54, 1.807) is 0 Å². The predicted molar refractivity (Wildman–Crippen MR) is 72.2 cm³/mol. The molecule has 0 radical (unpaired) electrons. The molecule has 0 bridgehead atoms. The van der Waals surface area contributed by atoms with Crippen molar-refractivity contribution in [2.75, 3.05) is 33.7 Å². The molecule has 0 aliphatic heterocycles. The summed E-state index contributed by atoms with van der Waals surface area (Å²) in [6.07, 6.45) is 9.44. The first-order chi connectivity index (χ1) is 8.24. The minimum Gasteiger partial charge on any atom is -0.367 e. The zero-order valence-corrected chi connectivity index (χ0v) is 11.1. The number of hydrogen-bond acceptors (Lipinski definition) is 2. The van der Waals surface area contributed by atoms with Gasteiger partial charge in [-0.05, 0) is 50.4 Å². The molecular weight excluding hydrogens is 210 g/mol. The third-order valence-electron chi connectivity index (χ3n) is 4.02. The molecule has 2 rings (SSSR count). The summed E-state index contributed by atoms with van der Waals surface area (Å²) in [7, 11) is 4.32. The van der Waals surface area contributed by atoms with Gasteiger partial charge in [0.25, 0.3) is 0 Å². The van der Waals surface area contributed by atoms with Gasteiger partial charge < -0.3 is 15.2 Å². The van der Waals surface area contributed by atoms with Gasteiger partial charge in [0.15, 0.2) is 0 Å². The van der Waals surface area contributed by atoms with Gasteiger partial charge in [-0.1, -0.05) is 6.42 Å². The summed E-state index contributed by atoms with van der Waals surface area (Å²) in [4.78, 5) is 5.61. The zero-order chi connectivity index (χ0) is 12.1. The molecule has 2 N–H and O–H groups in total. The predicted octanol–water partition coefficient (Wildman–Crippen LogP) is 1.88. The quantitative estimate of drug-likeness (QED) is 0.756. The number of hydrogen-bond donors (Lipinski definition) is 2. The normalized spacial score (nSPS) is 18.3. The highest BCUT2D eigenvalue weighted by Crippen LogP contribution is 2.40. The molecular formula is C14H25N3. The zero-order valence-electron chi connectivity index (χ0n) is 11.1. The van der Waals surface area contributed by atoms with E-state index in [0.717, 1.165) is 13.0 Å². The molecule has 96 valence electrons. The fourth-order valence-electron chi connectivity index (χ4n) is 2.93. The number of aromatic amines is 1. The van der Waals surface area contributed by atoms with Crippen molar-refractivity contribution in [1.82, 2.24) is 15.2 Å². The molecule has 3 heteroatoms. The monoisotopic (exact) mass is 235 g/mol. The first-order valence-corrected chi connectivity index (χ1v) is 6.69. The number of rotatable bonds is 7. The largest absolute Gasteiger partial charge is 0.367 e. The molecule has 0 spiro atoms. The molecule has 1 aromatic heterocycles. The Balaban J connectivity index is 1.74. The van der Waals surface area contributed by atoms with E-state index in [0.29, 0.717) is 5.41 Å². The third-order valence-corrected chi connectivity index (χ3v) is 4.02. The van der Waals surface area contributed by atoms with Crippen LogP contribution in [-0.4, -0.2) is 43.6 Å². The van der Waals surface area contributed by atoms with Gasteiger partial charge in [0.2, 0.25) is 0 Å². The highest BCUT2D eigenvalue weighted by atomic mass is 15.1. The van der Waals surface area contributed by atoms with E-state index < -0.39 is 0 Å². The van der Waals surface area contributed by atoms with E-state index >= 15 is 0 Å². The van der Waals surface area contributed by atoms with Crippen molar-refractivity contribution in [2.24, 2.45) is 5.41 Å². The van der Waals surface area contributed by atoms with Crippen molar-refractivity contribution in [1.29, 1.82) is 0 Å². The van der Waals surface area contributed by atoms with Crippen molar-refractivity contribution < 1.29 is 0 Å². The Labute approximate surface area is 105 Å². The molecule has 1 saturated carbocycles. The van der Waals surface area contributed by atoms with Crippen LogP contribution in [0.2, 0.25) is 0 Å². The minimum absolute atomic E-state index is 0.557. The fraction of sp³-hybridized carbons (Fsp3) is 0.714. The Bertz CT molecular complexity index is 314. The summed E-state index contributed by atoms with van der Waals surface area (Å²) < 4.78 is 0. The van der Waals surface area contributed by atoms with Gasteiger partial charge in [-0.3, -0.25) is 0 Å². The molecule has 1 aliphatic rings. The van der Waals surface area contributed by atoms with Crippen LogP contribution in [0.1, 0.15) is 24.8 Å². The second-order valence-corrected chi connectivity index (χ2v) is 5.59. The van der Waals surface area contributed by atoms with Gasteiger partial charge in [-0.15, -0.1) is 0 Å². The van der Waals surface area contributed by atoms with Crippen molar-refractivity contribution in [3.63, 3.8) is 0 Å². The molecule has 1 aliphatic carbocycles. The summed E-state index contributed by atoms with van der Waals surface area (Å²) in [5, 5.41) is 3.35. The Hall–Kier alpha value is -0.800. The highest BCUT2D eigenvalue weighted by molar-refractivity contribution is 5.08. The molecule has 1 heterocycles. The molecule has 0 atom stereocenters. The van der Waals surface area contributed by atoms with Gasteiger partial charge in [-0.25, -0.2) is 0 Å². The van der Waals surface area contributed by atoms with Crippen molar-refractivity contribution in [2.45, 2.75) is 25.7 Å². The van der Waals surface area contributed by atoms with Crippen LogP contribution in [0.3, 0.4) is 0 Å². The van der Waals surface area contributed by atoms with Gasteiger partial charge >= 0.3 is 0 Å². The molecule has 1 fully saturated rings. The lowest BCUT2D eigenvalue weighted by atomic mass is 9.68. The van der Waals surface area contributed by atoms with Crippen LogP contribution < -0.4 is 5.32 Å². The second-order valence-electron chi connectivity index (χ2n) is 5.59. The fourth-order valence-corrected chi connectivity index (χ4v) is 2.93. The maximum atomic E-state index is 3.35. The van der Waals surface area contributed by atoms with Crippen LogP contribution in [0.4, 0.5) is 0 Å². The Morgan fingerprint density at radius 3 is 2.82 bits per heavy atom. The van der Waals surface area contributed by atoms with E-state index in [1.165, 1.54) is 37.9 Å². The summed E-state index contributed by atoms with van der Waals surface area (Å²) in [5.41, 5.74) is 1.97. The summed E-state index contributed by atoms with van der Waals surface area (Å²) in [6.45, 7) is 3.56. The van der Waals surface area contributed by atoms with Crippen molar-refractivity contribution >= 4 is 0 Å². The summed E-state index contributed by atoms with van der Waals surface area (Å²) in [5.74, 6) is 0. The van der Waals surface area contributed by atoms with Crippen LogP contribution in [0.25, 0.3) is 0 Å². The molecule has 0 unspecified atom stereocenters. The molecule has 0 amide bonds. The first-order valence-electron chi connectivity index (χ1n) is 6.69. The van der Waals surface area contributed by atoms with E-state index in [2.05, 4.69) is 41.6 Å². The smallest absolute Gasteiger partial charge is 0.00472 e. The molecule has 17 heavy (non-hydrogen) atoms. The molecule has 0 saturated heterocycles. The highest BCUT2D eigenvalue weighted by Gasteiger charge is 2.36. The number of nitrogens with one attached hydrogen (secondary N) is 2.